The number of benzene rings is 1. The quantitative estimate of drug-likeness (QED) is 0.813. The molecule has 0 bridgehead atoms. The van der Waals surface area contributed by atoms with Crippen LogP contribution in [-0.2, 0) is 22.6 Å². The molecule has 1 unspecified atom stereocenters. The van der Waals surface area contributed by atoms with Crippen molar-refractivity contribution in [3.8, 4) is 0 Å². The van der Waals surface area contributed by atoms with E-state index < -0.39 is 0 Å². The van der Waals surface area contributed by atoms with E-state index in [0.717, 1.165) is 13.0 Å². The lowest BCUT2D eigenvalue weighted by molar-refractivity contribution is -0.139. The molecule has 3 rings (SSSR count). The van der Waals surface area contributed by atoms with Gasteiger partial charge in [-0.05, 0) is 24.0 Å². The average molecular weight is 287 g/mol. The van der Waals surface area contributed by atoms with Crippen LogP contribution in [0.5, 0.6) is 0 Å². The van der Waals surface area contributed by atoms with Crippen LogP contribution in [0.4, 0.5) is 0 Å². The smallest absolute Gasteiger partial charge is 0.241 e. The summed E-state index contributed by atoms with van der Waals surface area (Å²) < 4.78 is 0. The summed E-state index contributed by atoms with van der Waals surface area (Å²) in [4.78, 5) is 28.0. The fourth-order valence-electron chi connectivity index (χ4n) is 3.02. The number of hydrogen-bond donors (Lipinski definition) is 1. The molecule has 1 atom stereocenters. The van der Waals surface area contributed by atoms with Crippen molar-refractivity contribution in [3.05, 3.63) is 35.4 Å². The highest BCUT2D eigenvalue weighted by atomic mass is 16.2. The van der Waals surface area contributed by atoms with Gasteiger partial charge in [0.15, 0.2) is 0 Å². The first-order valence-corrected chi connectivity index (χ1v) is 7.48. The Hall–Kier alpha value is -1.88. The lowest BCUT2D eigenvalue weighted by Gasteiger charge is -2.30. The van der Waals surface area contributed by atoms with E-state index in [1.807, 2.05) is 12.1 Å². The van der Waals surface area contributed by atoms with E-state index in [-0.39, 0.29) is 24.4 Å². The van der Waals surface area contributed by atoms with E-state index in [4.69, 9.17) is 0 Å². The predicted octanol–water partition coefficient (Wildman–Crippen LogP) is 0.392. The van der Waals surface area contributed by atoms with Crippen molar-refractivity contribution in [1.82, 2.24) is 15.1 Å². The first-order valence-electron chi connectivity index (χ1n) is 7.48. The maximum absolute atomic E-state index is 12.7. The third-order valence-corrected chi connectivity index (χ3v) is 4.36. The molecular weight excluding hydrogens is 266 g/mol. The van der Waals surface area contributed by atoms with Crippen LogP contribution in [0.25, 0.3) is 0 Å². The van der Waals surface area contributed by atoms with Crippen molar-refractivity contribution in [2.24, 2.45) is 0 Å². The highest BCUT2D eigenvalue weighted by molar-refractivity contribution is 5.88. The maximum atomic E-state index is 12.7. The molecule has 112 valence electrons. The molecule has 1 N–H and O–H groups in total. The molecule has 1 aromatic carbocycles. The summed E-state index contributed by atoms with van der Waals surface area (Å²) in [5.41, 5.74) is 2.49. The second-order valence-electron chi connectivity index (χ2n) is 5.83. The van der Waals surface area contributed by atoms with Gasteiger partial charge < -0.3 is 15.1 Å². The van der Waals surface area contributed by atoms with Gasteiger partial charge in [-0.1, -0.05) is 24.3 Å². The Morgan fingerprint density at radius 1 is 1.24 bits per heavy atom. The van der Waals surface area contributed by atoms with Gasteiger partial charge in [0.2, 0.25) is 11.8 Å². The molecule has 2 heterocycles. The molecule has 21 heavy (non-hydrogen) atoms. The maximum Gasteiger partial charge on any atom is 0.241 e. The number of fused-ring (bicyclic) bond motifs is 1. The minimum Gasteiger partial charge on any atom is -0.344 e. The van der Waals surface area contributed by atoms with E-state index in [9.17, 15) is 9.59 Å². The van der Waals surface area contributed by atoms with E-state index in [1.54, 1.807) is 16.8 Å². The summed E-state index contributed by atoms with van der Waals surface area (Å²) in [6.07, 6.45) is 1.55. The molecule has 0 aromatic heterocycles. The zero-order valence-electron chi connectivity index (χ0n) is 12.3. The third kappa shape index (κ3) is 2.93. The molecule has 2 aliphatic heterocycles. The summed E-state index contributed by atoms with van der Waals surface area (Å²) in [5.74, 6) is 0.0743. The second kappa shape index (κ2) is 5.85. The van der Waals surface area contributed by atoms with E-state index >= 15 is 0 Å². The Balaban J connectivity index is 1.70. The Morgan fingerprint density at radius 2 is 2.00 bits per heavy atom. The Labute approximate surface area is 124 Å². The SMILES string of the molecule is CN1CCCN(C(=O)C2Cc3ccccc3CN2)CC1=O. The molecule has 2 aliphatic rings. The zero-order valence-corrected chi connectivity index (χ0v) is 12.3. The minimum absolute atomic E-state index is 0.0251. The van der Waals surface area contributed by atoms with Crippen molar-refractivity contribution in [2.45, 2.75) is 25.4 Å². The average Bonchev–Trinajstić information content (AvgIpc) is 2.68. The highest BCUT2D eigenvalue weighted by Gasteiger charge is 2.30. The summed E-state index contributed by atoms with van der Waals surface area (Å²) in [5, 5.41) is 3.30. The number of nitrogens with one attached hydrogen (secondary N) is 1. The topological polar surface area (TPSA) is 52.6 Å². The van der Waals surface area contributed by atoms with Gasteiger partial charge in [-0.3, -0.25) is 9.59 Å². The van der Waals surface area contributed by atoms with Gasteiger partial charge in [0, 0.05) is 26.7 Å². The number of amides is 2. The summed E-state index contributed by atoms with van der Waals surface area (Å²) in [7, 11) is 1.80. The van der Waals surface area contributed by atoms with Gasteiger partial charge in [0.25, 0.3) is 0 Å². The van der Waals surface area contributed by atoms with Crippen molar-refractivity contribution < 1.29 is 9.59 Å². The number of nitrogens with zero attached hydrogens (tertiary/aromatic N) is 2. The first kappa shape index (κ1) is 14.1. The van der Waals surface area contributed by atoms with Crippen LogP contribution in [-0.4, -0.2) is 54.3 Å². The van der Waals surface area contributed by atoms with Gasteiger partial charge in [-0.25, -0.2) is 0 Å². The molecule has 0 saturated carbocycles. The summed E-state index contributed by atoms with van der Waals surface area (Å²) in [6, 6.07) is 7.99. The Kier molecular flexibility index (Phi) is 3.92. The van der Waals surface area contributed by atoms with E-state index in [2.05, 4.69) is 17.4 Å². The van der Waals surface area contributed by atoms with Crippen LogP contribution in [0, 0.1) is 0 Å². The fourth-order valence-corrected chi connectivity index (χ4v) is 3.02. The standard InChI is InChI=1S/C16H21N3O2/c1-18-7-4-8-19(11-15(18)20)16(21)14-9-12-5-2-3-6-13(12)10-17-14/h2-3,5-6,14,17H,4,7-11H2,1H3. The molecule has 5 heteroatoms. The molecule has 1 saturated heterocycles. The molecule has 0 spiro atoms. The molecule has 5 nitrogen and oxygen atoms in total. The Morgan fingerprint density at radius 3 is 2.81 bits per heavy atom. The van der Waals surface area contributed by atoms with Gasteiger partial charge in [0.05, 0.1) is 12.6 Å². The normalized spacial score (nSPS) is 22.7. The molecule has 1 aromatic rings. The lowest BCUT2D eigenvalue weighted by atomic mass is 9.95. The second-order valence-corrected chi connectivity index (χ2v) is 5.83. The van der Waals surface area contributed by atoms with Gasteiger partial charge in [-0.2, -0.15) is 0 Å². The van der Waals surface area contributed by atoms with Gasteiger partial charge in [-0.15, -0.1) is 0 Å². The summed E-state index contributed by atoms with van der Waals surface area (Å²) in [6.45, 7) is 2.31. The van der Waals surface area contributed by atoms with Crippen LogP contribution in [0.3, 0.4) is 0 Å². The number of likely N-dealkylation sites (N-methyl/N-ethyl adjacent to an activating group) is 1. The van der Waals surface area contributed by atoms with Crippen molar-refractivity contribution >= 4 is 11.8 Å². The van der Waals surface area contributed by atoms with Crippen LogP contribution >= 0.6 is 0 Å². The van der Waals surface area contributed by atoms with Crippen molar-refractivity contribution in [3.63, 3.8) is 0 Å². The van der Waals surface area contributed by atoms with Crippen LogP contribution in [0.1, 0.15) is 17.5 Å². The van der Waals surface area contributed by atoms with Crippen LogP contribution in [0.2, 0.25) is 0 Å². The molecule has 0 aliphatic carbocycles. The molecule has 1 fully saturated rings. The van der Waals surface area contributed by atoms with Crippen molar-refractivity contribution in [1.29, 1.82) is 0 Å². The monoisotopic (exact) mass is 287 g/mol. The number of carbonyl (C=O) groups excluding carboxylic acids is 2. The van der Waals surface area contributed by atoms with Gasteiger partial charge >= 0.3 is 0 Å². The van der Waals surface area contributed by atoms with E-state index in [0.29, 0.717) is 19.5 Å². The largest absolute Gasteiger partial charge is 0.344 e. The number of carbonyl (C=O) groups is 2. The van der Waals surface area contributed by atoms with Gasteiger partial charge in [0.1, 0.15) is 0 Å². The van der Waals surface area contributed by atoms with Crippen molar-refractivity contribution in [2.75, 3.05) is 26.7 Å². The lowest BCUT2D eigenvalue weighted by Crippen LogP contribution is -2.51. The zero-order chi connectivity index (χ0) is 14.8. The summed E-state index contributed by atoms with van der Waals surface area (Å²) >= 11 is 0. The van der Waals surface area contributed by atoms with Crippen LogP contribution in [0.15, 0.2) is 24.3 Å². The third-order valence-electron chi connectivity index (χ3n) is 4.36. The number of hydrogen-bond acceptors (Lipinski definition) is 3. The molecule has 0 radical (unpaired) electrons. The first-order chi connectivity index (χ1) is 10.1. The molecular formula is C16H21N3O2. The van der Waals surface area contributed by atoms with E-state index in [1.165, 1.54) is 11.1 Å². The fraction of sp³-hybridized carbons (Fsp3) is 0.500. The highest BCUT2D eigenvalue weighted by Crippen LogP contribution is 2.18. The predicted molar refractivity (Wildman–Crippen MR) is 79.6 cm³/mol. The molecule has 2 amide bonds. The number of rotatable bonds is 1. The Bertz CT molecular complexity index is 558. The minimum atomic E-state index is -0.212. The van der Waals surface area contributed by atoms with Crippen LogP contribution < -0.4 is 5.32 Å².